The molecule has 0 saturated heterocycles. The first kappa shape index (κ1) is 18.6. The first-order valence-electron chi connectivity index (χ1n) is 7.97. The van der Waals surface area contributed by atoms with Crippen molar-refractivity contribution in [2.24, 2.45) is 11.3 Å². The number of ether oxygens (including phenoxy) is 2. The highest BCUT2D eigenvalue weighted by Crippen LogP contribution is 2.45. The van der Waals surface area contributed by atoms with Crippen molar-refractivity contribution in [1.82, 2.24) is 0 Å². The van der Waals surface area contributed by atoms with E-state index in [2.05, 4.69) is 6.58 Å². The number of aldehydes is 1. The van der Waals surface area contributed by atoms with Gasteiger partial charge < -0.3 is 9.47 Å². The number of hydrogen-bond acceptors (Lipinski definition) is 5. The van der Waals surface area contributed by atoms with E-state index in [1.165, 1.54) is 14.2 Å². The van der Waals surface area contributed by atoms with E-state index in [0.29, 0.717) is 12.0 Å². The van der Waals surface area contributed by atoms with Crippen LogP contribution in [-0.4, -0.2) is 32.4 Å². The van der Waals surface area contributed by atoms with Crippen LogP contribution < -0.4 is 0 Å². The Kier molecular flexibility index (Phi) is 5.57. The van der Waals surface area contributed by atoms with Gasteiger partial charge in [-0.2, -0.15) is 0 Å². The second-order valence-electron chi connectivity index (χ2n) is 6.30. The van der Waals surface area contributed by atoms with Gasteiger partial charge in [0.2, 0.25) is 0 Å². The number of carbonyl (C=O) groups excluding carboxylic acids is 3. The van der Waals surface area contributed by atoms with Gasteiger partial charge in [0.25, 0.3) is 0 Å². The minimum atomic E-state index is -1.44. The molecule has 0 bridgehead atoms. The summed E-state index contributed by atoms with van der Waals surface area (Å²) in [7, 11) is 2.51. The molecule has 1 aliphatic carbocycles. The van der Waals surface area contributed by atoms with Gasteiger partial charge in [-0.1, -0.05) is 42.5 Å². The van der Waals surface area contributed by atoms with Gasteiger partial charge in [-0.25, -0.2) is 0 Å². The quantitative estimate of drug-likeness (QED) is 0.452. The number of methoxy groups -OCH3 is 2. The van der Waals surface area contributed by atoms with Crippen LogP contribution in [0.2, 0.25) is 0 Å². The maximum absolute atomic E-state index is 12.3. The summed E-state index contributed by atoms with van der Waals surface area (Å²) in [6, 6.07) is 7.23. The van der Waals surface area contributed by atoms with Crippen molar-refractivity contribution in [3.05, 3.63) is 59.2 Å². The molecule has 5 heteroatoms. The van der Waals surface area contributed by atoms with E-state index in [-0.39, 0.29) is 12.3 Å². The summed E-state index contributed by atoms with van der Waals surface area (Å²) in [5.74, 6) is -1.33. The molecule has 25 heavy (non-hydrogen) atoms. The smallest absolute Gasteiger partial charge is 0.327 e. The standard InChI is InChI=1S/C20H22O5/c1-13(2)17-11-20(18(22)24-3,19(23)25-4)10-16(17)9-14-5-7-15(12-21)8-6-14/h5-8,11-12,16H,1,9-10H2,2-4H3. The maximum Gasteiger partial charge on any atom is 0.327 e. The first-order chi connectivity index (χ1) is 11.9. The van der Waals surface area contributed by atoms with Crippen LogP contribution in [0.15, 0.2) is 48.1 Å². The topological polar surface area (TPSA) is 69.7 Å². The van der Waals surface area contributed by atoms with Crippen LogP contribution in [0.5, 0.6) is 0 Å². The molecule has 0 aromatic heterocycles. The third-order valence-corrected chi connectivity index (χ3v) is 4.60. The van der Waals surface area contributed by atoms with E-state index >= 15 is 0 Å². The van der Waals surface area contributed by atoms with Crippen molar-refractivity contribution in [3.63, 3.8) is 0 Å². The van der Waals surface area contributed by atoms with Gasteiger partial charge in [0, 0.05) is 5.56 Å². The fraction of sp³-hybridized carbons (Fsp3) is 0.350. The molecule has 2 rings (SSSR count). The lowest BCUT2D eigenvalue weighted by Gasteiger charge is -2.23. The van der Waals surface area contributed by atoms with Crippen LogP contribution in [-0.2, 0) is 25.5 Å². The predicted molar refractivity (Wildman–Crippen MR) is 93.0 cm³/mol. The van der Waals surface area contributed by atoms with Crippen molar-refractivity contribution < 1.29 is 23.9 Å². The molecular weight excluding hydrogens is 320 g/mol. The Morgan fingerprint density at radius 2 is 1.76 bits per heavy atom. The molecule has 132 valence electrons. The van der Waals surface area contributed by atoms with Gasteiger partial charge in [0.1, 0.15) is 6.29 Å². The molecule has 0 N–H and O–H groups in total. The van der Waals surface area contributed by atoms with Gasteiger partial charge in [-0.05, 0) is 36.8 Å². The van der Waals surface area contributed by atoms with E-state index in [0.717, 1.165) is 23.0 Å². The number of benzene rings is 1. The third-order valence-electron chi connectivity index (χ3n) is 4.60. The molecule has 0 radical (unpaired) electrons. The van der Waals surface area contributed by atoms with E-state index in [1.54, 1.807) is 18.2 Å². The molecule has 0 heterocycles. The average molecular weight is 342 g/mol. The molecule has 0 amide bonds. The monoisotopic (exact) mass is 342 g/mol. The fourth-order valence-corrected chi connectivity index (χ4v) is 3.34. The lowest BCUT2D eigenvalue weighted by Crippen LogP contribution is -2.38. The lowest BCUT2D eigenvalue weighted by atomic mass is 9.83. The summed E-state index contributed by atoms with van der Waals surface area (Å²) in [6.07, 6.45) is 3.31. The summed E-state index contributed by atoms with van der Waals surface area (Å²) in [4.78, 5) is 35.5. The van der Waals surface area contributed by atoms with Crippen LogP contribution in [0.1, 0.15) is 29.3 Å². The fourth-order valence-electron chi connectivity index (χ4n) is 3.34. The van der Waals surface area contributed by atoms with Gasteiger partial charge in [-0.15, -0.1) is 0 Å². The zero-order valence-electron chi connectivity index (χ0n) is 14.7. The zero-order chi connectivity index (χ0) is 18.6. The number of hydrogen-bond donors (Lipinski definition) is 0. The SMILES string of the molecule is C=C(C)C1=CC(C(=O)OC)(C(=O)OC)CC1Cc1ccc(C=O)cc1. The van der Waals surface area contributed by atoms with Gasteiger partial charge in [0.05, 0.1) is 14.2 Å². The molecule has 0 fully saturated rings. The van der Waals surface area contributed by atoms with E-state index in [9.17, 15) is 14.4 Å². The highest BCUT2D eigenvalue weighted by molar-refractivity contribution is 6.03. The van der Waals surface area contributed by atoms with Crippen LogP contribution in [0.3, 0.4) is 0 Å². The van der Waals surface area contributed by atoms with Gasteiger partial charge in [-0.3, -0.25) is 14.4 Å². The molecule has 0 spiro atoms. The Hall–Kier alpha value is -2.69. The van der Waals surface area contributed by atoms with Crippen LogP contribution in [0.4, 0.5) is 0 Å². The zero-order valence-corrected chi connectivity index (χ0v) is 14.7. The average Bonchev–Trinajstić information content (AvgIpc) is 3.01. The molecular formula is C20H22O5. The largest absolute Gasteiger partial charge is 0.468 e. The highest BCUT2D eigenvalue weighted by atomic mass is 16.5. The number of carbonyl (C=O) groups is 3. The van der Waals surface area contributed by atoms with E-state index in [4.69, 9.17) is 9.47 Å². The second-order valence-corrected chi connectivity index (χ2v) is 6.30. The lowest BCUT2D eigenvalue weighted by molar-refractivity contribution is -0.165. The Bertz CT molecular complexity index is 711. The van der Waals surface area contributed by atoms with Crippen molar-refractivity contribution in [1.29, 1.82) is 0 Å². The summed E-state index contributed by atoms with van der Waals surface area (Å²) in [5, 5.41) is 0. The van der Waals surface area contributed by atoms with Crippen molar-refractivity contribution >= 4 is 18.2 Å². The summed E-state index contributed by atoms with van der Waals surface area (Å²) < 4.78 is 9.73. The Balaban J connectivity index is 2.37. The molecule has 0 aliphatic heterocycles. The minimum absolute atomic E-state index is 0.0715. The van der Waals surface area contributed by atoms with E-state index < -0.39 is 17.4 Å². The molecule has 1 atom stereocenters. The number of allylic oxidation sites excluding steroid dienone is 2. The van der Waals surface area contributed by atoms with Crippen molar-refractivity contribution in [2.45, 2.75) is 19.8 Å². The molecule has 1 aromatic rings. The van der Waals surface area contributed by atoms with Crippen molar-refractivity contribution in [3.8, 4) is 0 Å². The summed E-state index contributed by atoms with van der Waals surface area (Å²) >= 11 is 0. The molecule has 1 aromatic carbocycles. The summed E-state index contributed by atoms with van der Waals surface area (Å²) in [6.45, 7) is 5.82. The predicted octanol–water partition coefficient (Wildman–Crippen LogP) is 2.90. The number of rotatable bonds is 6. The highest BCUT2D eigenvalue weighted by Gasteiger charge is 2.52. The van der Waals surface area contributed by atoms with Gasteiger partial charge in [0.15, 0.2) is 5.41 Å². The van der Waals surface area contributed by atoms with Crippen LogP contribution in [0.25, 0.3) is 0 Å². The minimum Gasteiger partial charge on any atom is -0.468 e. The maximum atomic E-state index is 12.3. The van der Waals surface area contributed by atoms with Crippen LogP contribution in [0, 0.1) is 11.3 Å². The second kappa shape index (κ2) is 7.47. The Morgan fingerprint density at radius 3 is 2.20 bits per heavy atom. The van der Waals surface area contributed by atoms with Crippen LogP contribution >= 0.6 is 0 Å². The van der Waals surface area contributed by atoms with E-state index in [1.807, 2.05) is 19.1 Å². The van der Waals surface area contributed by atoms with Crippen molar-refractivity contribution in [2.75, 3.05) is 14.2 Å². The molecule has 5 nitrogen and oxygen atoms in total. The normalized spacial score (nSPS) is 18.2. The third kappa shape index (κ3) is 3.55. The molecule has 0 saturated carbocycles. The summed E-state index contributed by atoms with van der Waals surface area (Å²) in [5.41, 5.74) is 1.82. The molecule has 1 aliphatic rings. The Labute approximate surface area is 147 Å². The molecule has 1 unspecified atom stereocenters. The number of esters is 2. The van der Waals surface area contributed by atoms with Gasteiger partial charge >= 0.3 is 11.9 Å². The first-order valence-corrected chi connectivity index (χ1v) is 7.97. The Morgan fingerprint density at radius 1 is 1.20 bits per heavy atom.